The lowest BCUT2D eigenvalue weighted by molar-refractivity contribution is 0.0977. The quantitative estimate of drug-likeness (QED) is 0.323. The van der Waals surface area contributed by atoms with Gasteiger partial charge in [-0.3, -0.25) is 10.1 Å². The Hall–Kier alpha value is -3.71. The van der Waals surface area contributed by atoms with Gasteiger partial charge in [0.15, 0.2) is 16.6 Å². The van der Waals surface area contributed by atoms with E-state index in [0.717, 1.165) is 40.1 Å². The van der Waals surface area contributed by atoms with Gasteiger partial charge in [-0.05, 0) is 91.6 Å². The van der Waals surface area contributed by atoms with Crippen LogP contribution in [0.2, 0.25) is 0 Å². The topological polar surface area (TPSA) is 76.4 Å². The Kier molecular flexibility index (Phi) is 7.23. The van der Waals surface area contributed by atoms with Crippen molar-refractivity contribution in [2.45, 2.75) is 33.6 Å². The molecule has 0 aliphatic rings. The van der Waals surface area contributed by atoms with Crippen LogP contribution >= 0.6 is 12.2 Å². The molecule has 0 aliphatic carbocycles. The highest BCUT2D eigenvalue weighted by Gasteiger charge is 2.11. The first-order valence-electron chi connectivity index (χ1n) is 11.2. The largest absolute Gasteiger partial charge is 0.494 e. The Labute approximate surface area is 204 Å². The van der Waals surface area contributed by atoms with Gasteiger partial charge in [-0.1, -0.05) is 25.1 Å². The van der Waals surface area contributed by atoms with Gasteiger partial charge in [-0.2, -0.15) is 0 Å². The predicted octanol–water partition coefficient (Wildman–Crippen LogP) is 5.95. The Morgan fingerprint density at radius 1 is 1.06 bits per heavy atom. The van der Waals surface area contributed by atoms with Gasteiger partial charge in [0.2, 0.25) is 0 Å². The van der Waals surface area contributed by atoms with E-state index in [1.165, 1.54) is 5.56 Å². The van der Waals surface area contributed by atoms with Gasteiger partial charge in [-0.25, -0.2) is 4.98 Å². The minimum Gasteiger partial charge on any atom is -0.494 e. The molecule has 0 fully saturated rings. The van der Waals surface area contributed by atoms with E-state index in [1.807, 2.05) is 44.2 Å². The number of nitrogens with one attached hydrogen (secondary N) is 2. The fourth-order valence-electron chi connectivity index (χ4n) is 3.64. The van der Waals surface area contributed by atoms with Crippen molar-refractivity contribution >= 4 is 40.0 Å². The van der Waals surface area contributed by atoms with Gasteiger partial charge >= 0.3 is 0 Å². The van der Waals surface area contributed by atoms with E-state index in [4.69, 9.17) is 21.4 Å². The zero-order valence-corrected chi connectivity index (χ0v) is 20.3. The Morgan fingerprint density at radius 3 is 2.50 bits per heavy atom. The van der Waals surface area contributed by atoms with Crippen molar-refractivity contribution in [3.05, 3.63) is 88.8 Å². The smallest absolute Gasteiger partial charge is 0.257 e. The number of anilines is 1. The number of fused-ring (bicyclic) bond motifs is 1. The first-order valence-corrected chi connectivity index (χ1v) is 11.6. The monoisotopic (exact) mass is 473 g/mol. The number of amides is 1. The van der Waals surface area contributed by atoms with E-state index < -0.39 is 0 Å². The number of aromatic nitrogens is 1. The number of thiocarbonyl (C=S) groups is 1. The highest BCUT2D eigenvalue weighted by molar-refractivity contribution is 7.80. The highest BCUT2D eigenvalue weighted by atomic mass is 32.1. The summed E-state index contributed by atoms with van der Waals surface area (Å²) in [5.41, 5.74) is 6.32. The van der Waals surface area contributed by atoms with Crippen LogP contribution in [0.1, 0.15) is 46.3 Å². The van der Waals surface area contributed by atoms with Gasteiger partial charge in [0.25, 0.3) is 5.91 Å². The van der Waals surface area contributed by atoms with Crippen LogP contribution in [-0.4, -0.2) is 22.6 Å². The lowest BCUT2D eigenvalue weighted by atomic mass is 10.1. The molecule has 1 aromatic heterocycles. The summed E-state index contributed by atoms with van der Waals surface area (Å²) < 4.78 is 11.5. The summed E-state index contributed by atoms with van der Waals surface area (Å²) in [6.45, 7) is 6.78. The Bertz CT molecular complexity index is 1310. The van der Waals surface area contributed by atoms with E-state index >= 15 is 0 Å². The molecule has 0 saturated carbocycles. The SMILES string of the molecule is CCCOc1ccc(C(=O)NC(=S)Nc2ccc(Cc3nc4cc(C)cc(C)c4o3)cc2)cc1. The van der Waals surface area contributed by atoms with Crippen molar-refractivity contribution in [3.8, 4) is 5.75 Å². The summed E-state index contributed by atoms with van der Waals surface area (Å²) in [7, 11) is 0. The predicted molar refractivity (Wildman–Crippen MR) is 139 cm³/mol. The number of hydrogen-bond acceptors (Lipinski definition) is 5. The molecule has 4 aromatic rings. The summed E-state index contributed by atoms with van der Waals surface area (Å²) in [6, 6.07) is 18.9. The first kappa shape index (κ1) is 23.4. The molecule has 174 valence electrons. The van der Waals surface area contributed by atoms with Crippen LogP contribution < -0.4 is 15.4 Å². The fourth-order valence-corrected chi connectivity index (χ4v) is 3.85. The van der Waals surface area contributed by atoms with E-state index in [1.54, 1.807) is 24.3 Å². The van der Waals surface area contributed by atoms with Crippen molar-refractivity contribution < 1.29 is 13.9 Å². The van der Waals surface area contributed by atoms with Crippen LogP contribution in [0.3, 0.4) is 0 Å². The molecule has 0 atom stereocenters. The number of carbonyl (C=O) groups excluding carboxylic acids is 1. The van der Waals surface area contributed by atoms with Crippen molar-refractivity contribution in [1.29, 1.82) is 0 Å². The number of hydrogen-bond donors (Lipinski definition) is 2. The molecule has 0 saturated heterocycles. The molecular formula is C27H27N3O3S. The highest BCUT2D eigenvalue weighted by Crippen LogP contribution is 2.23. The number of aryl methyl sites for hydroxylation is 2. The second-order valence-electron chi connectivity index (χ2n) is 8.19. The molecule has 0 radical (unpaired) electrons. The average Bonchev–Trinajstić information content (AvgIpc) is 3.22. The summed E-state index contributed by atoms with van der Waals surface area (Å²) >= 11 is 5.30. The third-order valence-corrected chi connectivity index (χ3v) is 5.45. The van der Waals surface area contributed by atoms with E-state index in [0.29, 0.717) is 24.5 Å². The number of rotatable bonds is 7. The van der Waals surface area contributed by atoms with E-state index in [2.05, 4.69) is 28.6 Å². The van der Waals surface area contributed by atoms with Gasteiger partial charge in [0.05, 0.1) is 6.61 Å². The number of ether oxygens (including phenoxy) is 1. The van der Waals surface area contributed by atoms with Crippen molar-refractivity contribution in [3.63, 3.8) is 0 Å². The minimum absolute atomic E-state index is 0.230. The molecule has 4 rings (SSSR count). The molecule has 0 aliphatic heterocycles. The average molecular weight is 474 g/mol. The molecule has 3 aromatic carbocycles. The van der Waals surface area contributed by atoms with Crippen molar-refractivity contribution in [2.24, 2.45) is 0 Å². The van der Waals surface area contributed by atoms with Crippen LogP contribution in [0.4, 0.5) is 5.69 Å². The molecule has 6 nitrogen and oxygen atoms in total. The lowest BCUT2D eigenvalue weighted by Gasteiger charge is -2.10. The molecule has 0 bridgehead atoms. The van der Waals surface area contributed by atoms with Gasteiger partial charge < -0.3 is 14.5 Å². The minimum atomic E-state index is -0.280. The maximum Gasteiger partial charge on any atom is 0.257 e. The van der Waals surface area contributed by atoms with Crippen molar-refractivity contribution in [2.75, 3.05) is 11.9 Å². The fraction of sp³-hybridized carbons (Fsp3) is 0.222. The molecule has 7 heteroatoms. The zero-order valence-electron chi connectivity index (χ0n) is 19.5. The van der Waals surface area contributed by atoms with Crippen LogP contribution in [0.5, 0.6) is 5.75 Å². The van der Waals surface area contributed by atoms with E-state index in [9.17, 15) is 4.79 Å². The normalized spacial score (nSPS) is 10.8. The van der Waals surface area contributed by atoms with Gasteiger partial charge in [-0.15, -0.1) is 0 Å². The van der Waals surface area contributed by atoms with Gasteiger partial charge in [0.1, 0.15) is 11.3 Å². The van der Waals surface area contributed by atoms with Crippen LogP contribution in [-0.2, 0) is 6.42 Å². The van der Waals surface area contributed by atoms with Crippen molar-refractivity contribution in [1.82, 2.24) is 10.3 Å². The first-order chi connectivity index (χ1) is 16.4. The molecule has 1 amide bonds. The number of nitrogens with zero attached hydrogens (tertiary/aromatic N) is 1. The Morgan fingerprint density at radius 2 is 1.79 bits per heavy atom. The van der Waals surface area contributed by atoms with E-state index in [-0.39, 0.29) is 11.0 Å². The third-order valence-electron chi connectivity index (χ3n) is 5.25. The molecule has 0 spiro atoms. The van der Waals surface area contributed by atoms with Gasteiger partial charge in [0, 0.05) is 17.7 Å². The number of benzene rings is 3. The molecule has 34 heavy (non-hydrogen) atoms. The van der Waals surface area contributed by atoms with Crippen LogP contribution in [0.15, 0.2) is 65.1 Å². The molecule has 1 heterocycles. The Balaban J connectivity index is 1.33. The number of oxazole rings is 1. The number of carbonyl (C=O) groups is 1. The summed E-state index contributed by atoms with van der Waals surface area (Å²) in [5, 5.41) is 5.98. The molecule has 0 unspecified atom stereocenters. The molecule has 2 N–H and O–H groups in total. The molecular weight excluding hydrogens is 446 g/mol. The zero-order chi connectivity index (χ0) is 24.1. The second-order valence-corrected chi connectivity index (χ2v) is 8.60. The summed E-state index contributed by atoms with van der Waals surface area (Å²) in [5.74, 6) is 1.14. The summed E-state index contributed by atoms with van der Waals surface area (Å²) in [6.07, 6.45) is 1.52. The van der Waals surface area contributed by atoms with Crippen LogP contribution in [0, 0.1) is 13.8 Å². The maximum atomic E-state index is 12.5. The maximum absolute atomic E-state index is 12.5. The van der Waals surface area contributed by atoms with Crippen LogP contribution in [0.25, 0.3) is 11.1 Å². The lowest BCUT2D eigenvalue weighted by Crippen LogP contribution is -2.34. The standard InChI is InChI=1S/C27H27N3O3S/c1-4-13-32-22-11-7-20(8-12-22)26(31)30-27(34)28-21-9-5-19(6-10-21)16-24-29-23-15-17(2)14-18(3)25(23)33-24/h5-12,14-15H,4,13,16H2,1-3H3,(H2,28,30,31,34). The summed E-state index contributed by atoms with van der Waals surface area (Å²) in [4.78, 5) is 17.1. The second kappa shape index (κ2) is 10.5. The third kappa shape index (κ3) is 5.80.